The minimum absolute atomic E-state index is 0.0301. The molecule has 0 bridgehead atoms. The van der Waals surface area contributed by atoms with Gasteiger partial charge in [-0.25, -0.2) is 0 Å². The fourth-order valence-electron chi connectivity index (χ4n) is 9.93. The summed E-state index contributed by atoms with van der Waals surface area (Å²) in [6.45, 7) is 9.66. The van der Waals surface area contributed by atoms with Gasteiger partial charge in [-0.15, -0.1) is 0 Å². The zero-order chi connectivity index (χ0) is 38.0. The summed E-state index contributed by atoms with van der Waals surface area (Å²) in [6.07, 6.45) is 4.46. The van der Waals surface area contributed by atoms with Crippen LogP contribution in [-0.2, 0) is 11.0 Å². The highest BCUT2D eigenvalue weighted by Crippen LogP contribution is 2.51. The first-order valence-electron chi connectivity index (χ1n) is 20.2. The van der Waals surface area contributed by atoms with Crippen molar-refractivity contribution in [2.45, 2.75) is 51.5 Å². The zero-order valence-corrected chi connectivity index (χ0v) is 32.7. The molecule has 0 spiro atoms. The summed E-state index contributed by atoms with van der Waals surface area (Å²) in [5.74, 6) is 0. The lowest BCUT2D eigenvalue weighted by molar-refractivity contribution is -0.764. The molecule has 2 atom stereocenters. The van der Waals surface area contributed by atoms with Crippen LogP contribution in [0.2, 0.25) is 0 Å². The molecule has 10 rings (SSSR count). The number of pyridine rings is 1. The lowest BCUT2D eigenvalue weighted by Crippen LogP contribution is -2.67. The molecule has 0 fully saturated rings. The number of hydrogen-bond acceptors (Lipinski definition) is 0. The van der Waals surface area contributed by atoms with Gasteiger partial charge in [0.05, 0.1) is 16.4 Å². The molecule has 9 aromatic rings. The second-order valence-corrected chi connectivity index (χ2v) is 16.1. The van der Waals surface area contributed by atoms with Crippen LogP contribution < -0.4 is 4.57 Å². The summed E-state index contributed by atoms with van der Waals surface area (Å²) in [6, 6.07) is 65.6. The van der Waals surface area contributed by atoms with E-state index in [1.54, 1.807) is 0 Å². The first-order valence-corrected chi connectivity index (χ1v) is 20.2. The van der Waals surface area contributed by atoms with Crippen LogP contribution >= 0.6 is 0 Å². The van der Waals surface area contributed by atoms with E-state index in [1.165, 1.54) is 93.6 Å². The summed E-state index contributed by atoms with van der Waals surface area (Å²) in [7, 11) is 0. The zero-order valence-electron chi connectivity index (χ0n) is 32.7. The predicted octanol–water partition coefficient (Wildman–Crippen LogP) is 14.6. The average molecular weight is 721 g/mol. The Labute approximate surface area is 330 Å². The molecular formula is C55H46N+. The third-order valence-electron chi connectivity index (χ3n) is 13.5. The molecule has 0 saturated heterocycles. The van der Waals surface area contributed by atoms with Gasteiger partial charge in [0.25, 0.3) is 0 Å². The number of fused-ring (bicyclic) bond motifs is 7. The maximum absolute atomic E-state index is 2.61. The van der Waals surface area contributed by atoms with Crippen LogP contribution in [0.3, 0.4) is 0 Å². The minimum atomic E-state index is -0.0631. The third-order valence-corrected chi connectivity index (χ3v) is 13.5. The Kier molecular flexibility index (Phi) is 8.04. The Hall–Kier alpha value is -6.31. The van der Waals surface area contributed by atoms with Gasteiger partial charge in [0, 0.05) is 19.4 Å². The van der Waals surface area contributed by atoms with E-state index < -0.39 is 0 Å². The fraction of sp³-hybridized carbons (Fsp3) is 0.145. The van der Waals surface area contributed by atoms with E-state index in [4.69, 9.17) is 0 Å². The van der Waals surface area contributed by atoms with Gasteiger partial charge in [0.2, 0.25) is 5.69 Å². The summed E-state index contributed by atoms with van der Waals surface area (Å²) >= 11 is 0. The minimum Gasteiger partial charge on any atom is -0.192 e. The summed E-state index contributed by atoms with van der Waals surface area (Å²) < 4.78 is 2.61. The van der Waals surface area contributed by atoms with Crippen LogP contribution in [0.1, 0.15) is 46.1 Å². The molecule has 0 aliphatic carbocycles. The highest BCUT2D eigenvalue weighted by molar-refractivity contribution is 6.02. The molecule has 0 N–H and O–H groups in total. The van der Waals surface area contributed by atoms with E-state index in [9.17, 15) is 0 Å². The summed E-state index contributed by atoms with van der Waals surface area (Å²) in [4.78, 5) is 0. The first-order chi connectivity index (χ1) is 27.4. The van der Waals surface area contributed by atoms with Gasteiger partial charge >= 0.3 is 0 Å². The molecule has 0 radical (unpaired) electrons. The second-order valence-electron chi connectivity index (χ2n) is 16.1. The molecule has 1 heteroatoms. The van der Waals surface area contributed by atoms with E-state index in [0.717, 1.165) is 12.8 Å². The molecule has 1 aliphatic rings. The number of hydrogen-bond donors (Lipinski definition) is 0. The highest BCUT2D eigenvalue weighted by atomic mass is 15.1. The van der Waals surface area contributed by atoms with Gasteiger partial charge in [-0.3, -0.25) is 0 Å². The topological polar surface area (TPSA) is 3.88 Å². The van der Waals surface area contributed by atoms with Crippen molar-refractivity contribution in [3.8, 4) is 55.8 Å². The van der Waals surface area contributed by atoms with Crippen LogP contribution in [-0.4, -0.2) is 0 Å². The van der Waals surface area contributed by atoms with Crippen LogP contribution in [0.4, 0.5) is 0 Å². The maximum Gasteiger partial charge on any atom is 0.221 e. The Morgan fingerprint density at radius 3 is 1.48 bits per heavy atom. The lowest BCUT2D eigenvalue weighted by atomic mass is 9.60. The Bertz CT molecular complexity index is 2880. The third kappa shape index (κ3) is 5.18. The van der Waals surface area contributed by atoms with Crippen molar-refractivity contribution >= 4 is 32.3 Å². The van der Waals surface area contributed by atoms with E-state index in [0.29, 0.717) is 0 Å². The Morgan fingerprint density at radius 2 is 0.875 bits per heavy atom. The van der Waals surface area contributed by atoms with E-state index in [-0.39, 0.29) is 11.0 Å². The molecule has 1 aliphatic heterocycles. The molecule has 2 unspecified atom stereocenters. The SMILES string of the molecule is CCC1(C)c2ccc(-c3cccc(-c4cc(-c5cccc6ccccc56)cc(-c5cccc6ccccc56)c4)c3)cc2-c2c3ccccc3cc[n+]2C1(C)CC. The van der Waals surface area contributed by atoms with Gasteiger partial charge in [0.1, 0.15) is 0 Å². The van der Waals surface area contributed by atoms with Crippen molar-refractivity contribution in [3.05, 3.63) is 188 Å². The van der Waals surface area contributed by atoms with Crippen molar-refractivity contribution < 1.29 is 4.57 Å². The Morgan fingerprint density at radius 1 is 0.393 bits per heavy atom. The molecule has 1 aromatic heterocycles. The van der Waals surface area contributed by atoms with Crippen molar-refractivity contribution in [2.75, 3.05) is 0 Å². The standard InChI is InChI=1S/C55H46N/c1-5-54(3)52-29-28-42(36-51(52)53-50-25-12-9-18-39(50)30-31-56(53)55(54,4)6-2)40-21-13-22-41(32-40)43-33-44(48-26-14-19-37-16-7-10-23-46(37)48)35-45(34-43)49-27-15-20-38-17-8-11-24-47(38)49/h7-36H,5-6H2,1-4H3/q+1. The number of rotatable bonds is 6. The smallest absolute Gasteiger partial charge is 0.192 e. The second kappa shape index (κ2) is 13.2. The Balaban J connectivity index is 1.17. The monoisotopic (exact) mass is 720 g/mol. The molecular weight excluding hydrogens is 675 g/mol. The molecule has 0 saturated carbocycles. The van der Waals surface area contributed by atoms with E-state index in [2.05, 4.69) is 214 Å². The normalized spacial score (nSPS) is 17.6. The lowest BCUT2D eigenvalue weighted by Gasteiger charge is -2.46. The summed E-state index contributed by atoms with van der Waals surface area (Å²) in [5.41, 5.74) is 13.8. The molecule has 1 nitrogen and oxygen atoms in total. The van der Waals surface area contributed by atoms with Crippen molar-refractivity contribution in [2.24, 2.45) is 0 Å². The van der Waals surface area contributed by atoms with E-state index in [1.807, 2.05) is 0 Å². The largest absolute Gasteiger partial charge is 0.221 e. The quantitative estimate of drug-likeness (QED) is 0.151. The number of benzene rings is 8. The molecule has 2 heterocycles. The van der Waals surface area contributed by atoms with Crippen molar-refractivity contribution in [1.82, 2.24) is 0 Å². The van der Waals surface area contributed by atoms with Gasteiger partial charge in [-0.05, 0) is 127 Å². The maximum atomic E-state index is 2.61. The predicted molar refractivity (Wildman–Crippen MR) is 238 cm³/mol. The van der Waals surface area contributed by atoms with Crippen LogP contribution in [0.5, 0.6) is 0 Å². The molecule has 0 amide bonds. The highest BCUT2D eigenvalue weighted by Gasteiger charge is 2.56. The number of nitrogens with zero attached hydrogens (tertiary/aromatic N) is 1. The van der Waals surface area contributed by atoms with Crippen LogP contribution in [0.25, 0.3) is 88.1 Å². The first kappa shape index (κ1) is 34.2. The van der Waals surface area contributed by atoms with Gasteiger partial charge < -0.3 is 0 Å². The molecule has 270 valence electrons. The van der Waals surface area contributed by atoms with Crippen LogP contribution in [0.15, 0.2) is 182 Å². The van der Waals surface area contributed by atoms with Crippen LogP contribution in [0, 0.1) is 0 Å². The van der Waals surface area contributed by atoms with Crippen molar-refractivity contribution in [3.63, 3.8) is 0 Å². The van der Waals surface area contributed by atoms with Gasteiger partial charge in [-0.1, -0.05) is 147 Å². The van der Waals surface area contributed by atoms with Gasteiger partial charge in [-0.2, -0.15) is 4.57 Å². The average Bonchev–Trinajstić information content (AvgIpc) is 3.27. The molecule has 56 heavy (non-hydrogen) atoms. The summed E-state index contributed by atoms with van der Waals surface area (Å²) in [5, 5.41) is 7.63. The van der Waals surface area contributed by atoms with E-state index >= 15 is 0 Å². The molecule has 8 aromatic carbocycles. The number of aromatic nitrogens is 1. The fourth-order valence-corrected chi connectivity index (χ4v) is 9.93. The van der Waals surface area contributed by atoms with Gasteiger partial charge in [0.15, 0.2) is 11.7 Å². The van der Waals surface area contributed by atoms with Crippen molar-refractivity contribution in [1.29, 1.82) is 0 Å².